The first-order valence-corrected chi connectivity index (χ1v) is 6.46. The van der Waals surface area contributed by atoms with Crippen LogP contribution in [0.3, 0.4) is 0 Å². The summed E-state index contributed by atoms with van der Waals surface area (Å²) in [4.78, 5) is 8.53. The van der Waals surface area contributed by atoms with Crippen molar-refractivity contribution < 1.29 is 4.42 Å². The second-order valence-electron chi connectivity index (χ2n) is 4.79. The number of nitrogens with one attached hydrogen (secondary N) is 1. The van der Waals surface area contributed by atoms with Gasteiger partial charge in [0.25, 0.3) is 0 Å². The van der Waals surface area contributed by atoms with E-state index in [1.807, 2.05) is 26.0 Å². The molecule has 5 heteroatoms. The van der Waals surface area contributed by atoms with E-state index in [1.54, 1.807) is 6.26 Å². The molecular formula is C14H20N4O. The number of nitrogens with zero attached hydrogens (tertiary/aromatic N) is 2. The molecule has 2 aromatic rings. The van der Waals surface area contributed by atoms with E-state index in [-0.39, 0.29) is 6.04 Å². The molecule has 5 nitrogen and oxygen atoms in total. The number of anilines is 2. The SMILES string of the molecule is Cc1nc(N)c(C)c(NC(C)CCc2ccco2)n1. The van der Waals surface area contributed by atoms with E-state index in [0.29, 0.717) is 11.6 Å². The highest BCUT2D eigenvalue weighted by molar-refractivity contribution is 5.55. The Hall–Kier alpha value is -2.04. The maximum atomic E-state index is 5.84. The Morgan fingerprint density at radius 2 is 2.16 bits per heavy atom. The van der Waals surface area contributed by atoms with Crippen molar-refractivity contribution in [1.82, 2.24) is 9.97 Å². The molecule has 0 aliphatic heterocycles. The molecule has 1 unspecified atom stereocenters. The molecule has 0 spiro atoms. The lowest BCUT2D eigenvalue weighted by Crippen LogP contribution is -2.19. The molecule has 102 valence electrons. The summed E-state index contributed by atoms with van der Waals surface area (Å²) in [5.74, 6) is 3.04. The van der Waals surface area contributed by atoms with Crippen molar-refractivity contribution in [3.05, 3.63) is 35.5 Å². The van der Waals surface area contributed by atoms with Gasteiger partial charge in [-0.3, -0.25) is 0 Å². The van der Waals surface area contributed by atoms with Gasteiger partial charge in [0, 0.05) is 18.0 Å². The fourth-order valence-corrected chi connectivity index (χ4v) is 1.91. The summed E-state index contributed by atoms with van der Waals surface area (Å²) in [7, 11) is 0. The first-order valence-electron chi connectivity index (χ1n) is 6.46. The Kier molecular flexibility index (Phi) is 4.04. The molecule has 2 aromatic heterocycles. The summed E-state index contributed by atoms with van der Waals surface area (Å²) in [6, 6.07) is 4.19. The minimum atomic E-state index is 0.289. The van der Waals surface area contributed by atoms with Crippen molar-refractivity contribution in [3.63, 3.8) is 0 Å². The Bertz CT molecular complexity index is 537. The van der Waals surface area contributed by atoms with Crippen molar-refractivity contribution in [2.24, 2.45) is 0 Å². The fourth-order valence-electron chi connectivity index (χ4n) is 1.91. The first kappa shape index (κ1) is 13.4. The molecule has 0 amide bonds. The molecule has 3 N–H and O–H groups in total. The third kappa shape index (κ3) is 3.47. The summed E-state index contributed by atoms with van der Waals surface area (Å²) in [6.45, 7) is 5.89. The largest absolute Gasteiger partial charge is 0.469 e. The van der Waals surface area contributed by atoms with Crippen LogP contribution in [0.15, 0.2) is 22.8 Å². The van der Waals surface area contributed by atoms with Gasteiger partial charge >= 0.3 is 0 Å². The van der Waals surface area contributed by atoms with Crippen molar-refractivity contribution >= 4 is 11.6 Å². The van der Waals surface area contributed by atoms with Gasteiger partial charge in [0.15, 0.2) is 0 Å². The molecule has 0 saturated carbocycles. The molecule has 2 rings (SSSR count). The summed E-state index contributed by atoms with van der Waals surface area (Å²) in [5.41, 5.74) is 6.74. The normalized spacial score (nSPS) is 12.4. The number of nitrogen functional groups attached to an aromatic ring is 1. The van der Waals surface area contributed by atoms with Crippen LogP contribution in [0, 0.1) is 13.8 Å². The molecule has 0 bridgehead atoms. The zero-order valence-electron chi connectivity index (χ0n) is 11.6. The summed E-state index contributed by atoms with van der Waals surface area (Å²) >= 11 is 0. The highest BCUT2D eigenvalue weighted by Crippen LogP contribution is 2.18. The van der Waals surface area contributed by atoms with Crippen LogP contribution >= 0.6 is 0 Å². The monoisotopic (exact) mass is 260 g/mol. The van der Waals surface area contributed by atoms with Crippen molar-refractivity contribution in [2.45, 2.75) is 39.7 Å². The minimum absolute atomic E-state index is 0.289. The van der Waals surface area contributed by atoms with Crippen LogP contribution in [-0.2, 0) is 6.42 Å². The van der Waals surface area contributed by atoms with Crippen molar-refractivity contribution in [2.75, 3.05) is 11.1 Å². The molecular weight excluding hydrogens is 240 g/mol. The average Bonchev–Trinajstić information content (AvgIpc) is 2.86. The zero-order chi connectivity index (χ0) is 13.8. The van der Waals surface area contributed by atoms with Gasteiger partial charge in [-0.15, -0.1) is 0 Å². The molecule has 19 heavy (non-hydrogen) atoms. The third-order valence-corrected chi connectivity index (χ3v) is 3.08. The molecule has 1 atom stereocenters. The zero-order valence-corrected chi connectivity index (χ0v) is 11.6. The number of rotatable bonds is 5. The van der Waals surface area contributed by atoms with Gasteiger partial charge in [0.1, 0.15) is 23.2 Å². The van der Waals surface area contributed by atoms with Crippen LogP contribution in [0.25, 0.3) is 0 Å². The Balaban J connectivity index is 1.97. The van der Waals surface area contributed by atoms with Gasteiger partial charge in [-0.1, -0.05) is 0 Å². The first-order chi connectivity index (χ1) is 9.06. The second-order valence-corrected chi connectivity index (χ2v) is 4.79. The number of nitrogens with two attached hydrogens (primary N) is 1. The molecule has 2 heterocycles. The maximum absolute atomic E-state index is 5.84. The predicted octanol–water partition coefficient (Wildman–Crippen LogP) is 2.70. The Morgan fingerprint density at radius 1 is 1.37 bits per heavy atom. The number of aromatic nitrogens is 2. The van der Waals surface area contributed by atoms with Crippen LogP contribution < -0.4 is 11.1 Å². The van der Waals surface area contributed by atoms with E-state index in [4.69, 9.17) is 10.2 Å². The summed E-state index contributed by atoms with van der Waals surface area (Å²) in [6.07, 6.45) is 3.57. The minimum Gasteiger partial charge on any atom is -0.469 e. The van der Waals surface area contributed by atoms with Crippen LogP contribution in [0.5, 0.6) is 0 Å². The van der Waals surface area contributed by atoms with Crippen molar-refractivity contribution in [3.8, 4) is 0 Å². The molecule has 0 aliphatic carbocycles. The quantitative estimate of drug-likeness (QED) is 0.864. The van der Waals surface area contributed by atoms with Crippen LogP contribution in [0.4, 0.5) is 11.6 Å². The van der Waals surface area contributed by atoms with E-state index in [2.05, 4.69) is 22.2 Å². The summed E-state index contributed by atoms with van der Waals surface area (Å²) in [5, 5.41) is 3.38. The van der Waals surface area contributed by atoms with Crippen molar-refractivity contribution in [1.29, 1.82) is 0 Å². The van der Waals surface area contributed by atoms with E-state index >= 15 is 0 Å². The smallest absolute Gasteiger partial charge is 0.134 e. The lowest BCUT2D eigenvalue weighted by atomic mass is 10.1. The molecule has 0 saturated heterocycles. The number of hydrogen-bond donors (Lipinski definition) is 2. The van der Waals surface area contributed by atoms with Gasteiger partial charge in [-0.05, 0) is 39.3 Å². The highest BCUT2D eigenvalue weighted by Gasteiger charge is 2.10. The second kappa shape index (κ2) is 5.73. The Morgan fingerprint density at radius 3 is 2.84 bits per heavy atom. The number of hydrogen-bond acceptors (Lipinski definition) is 5. The van der Waals surface area contributed by atoms with E-state index in [0.717, 1.165) is 30.0 Å². The van der Waals surface area contributed by atoms with Gasteiger partial charge in [-0.25, -0.2) is 9.97 Å². The summed E-state index contributed by atoms with van der Waals surface area (Å²) < 4.78 is 5.32. The lowest BCUT2D eigenvalue weighted by molar-refractivity contribution is 0.494. The molecule has 0 aliphatic rings. The van der Waals surface area contributed by atoms with Crippen LogP contribution in [-0.4, -0.2) is 16.0 Å². The van der Waals surface area contributed by atoms with Gasteiger partial charge in [0.05, 0.1) is 6.26 Å². The average molecular weight is 260 g/mol. The van der Waals surface area contributed by atoms with E-state index < -0.39 is 0 Å². The van der Waals surface area contributed by atoms with Gasteiger partial charge < -0.3 is 15.5 Å². The Labute approximate surface area is 113 Å². The number of aryl methyl sites for hydroxylation is 2. The molecule has 0 fully saturated rings. The van der Waals surface area contributed by atoms with Crippen LogP contribution in [0.1, 0.15) is 30.5 Å². The topological polar surface area (TPSA) is 77.0 Å². The van der Waals surface area contributed by atoms with Crippen LogP contribution in [0.2, 0.25) is 0 Å². The van der Waals surface area contributed by atoms with Gasteiger partial charge in [0.2, 0.25) is 0 Å². The van der Waals surface area contributed by atoms with Gasteiger partial charge in [-0.2, -0.15) is 0 Å². The lowest BCUT2D eigenvalue weighted by Gasteiger charge is -2.16. The maximum Gasteiger partial charge on any atom is 0.134 e. The van der Waals surface area contributed by atoms with E-state index in [9.17, 15) is 0 Å². The number of furan rings is 1. The fraction of sp³-hybridized carbons (Fsp3) is 0.429. The highest BCUT2D eigenvalue weighted by atomic mass is 16.3. The van der Waals surface area contributed by atoms with E-state index in [1.165, 1.54) is 0 Å². The molecule has 0 aromatic carbocycles. The predicted molar refractivity (Wildman–Crippen MR) is 76.0 cm³/mol. The third-order valence-electron chi connectivity index (χ3n) is 3.08. The molecule has 0 radical (unpaired) electrons. The standard InChI is InChI=1S/C14H20N4O/c1-9(6-7-12-5-4-8-19-12)16-14-10(2)13(15)17-11(3)18-14/h4-5,8-9H,6-7H2,1-3H3,(H3,15,16,17,18).